The van der Waals surface area contributed by atoms with E-state index in [1.54, 1.807) is 11.9 Å². The number of nitrogens with zero attached hydrogens (tertiary/aromatic N) is 1. The van der Waals surface area contributed by atoms with Gasteiger partial charge < -0.3 is 15.0 Å². The minimum absolute atomic E-state index is 0.235. The number of hydrogen-bond acceptors (Lipinski definition) is 3. The van der Waals surface area contributed by atoms with E-state index in [4.69, 9.17) is 4.74 Å². The average Bonchev–Trinajstić information content (AvgIpc) is 3.05. The molecule has 0 aliphatic heterocycles. The summed E-state index contributed by atoms with van der Waals surface area (Å²) in [6, 6.07) is 8.43. The van der Waals surface area contributed by atoms with Crippen molar-refractivity contribution in [1.82, 2.24) is 10.2 Å². The van der Waals surface area contributed by atoms with Crippen LogP contribution in [0, 0.1) is 0 Å². The Balaban J connectivity index is 2.13. The fourth-order valence-corrected chi connectivity index (χ4v) is 2.97. The van der Waals surface area contributed by atoms with Gasteiger partial charge in [-0.05, 0) is 39.2 Å². The van der Waals surface area contributed by atoms with Gasteiger partial charge in [-0.25, -0.2) is 9.59 Å². The molecule has 1 fully saturated rings. The molecule has 1 atom stereocenters. The van der Waals surface area contributed by atoms with Gasteiger partial charge in [0.05, 0.1) is 0 Å². The number of urea groups is 1. The molecule has 1 aromatic rings. The molecule has 1 saturated carbocycles. The Morgan fingerprint density at radius 1 is 1.17 bits per heavy atom. The third kappa shape index (κ3) is 4.98. The molecule has 0 saturated heterocycles. The SMILES string of the molecule is CN(C(=O)NC(C(=O)OC(C)(C)C)c1ccccc1)C1CCCC1. The highest BCUT2D eigenvalue weighted by Crippen LogP contribution is 2.24. The van der Waals surface area contributed by atoms with Gasteiger partial charge in [0.15, 0.2) is 6.04 Å². The van der Waals surface area contributed by atoms with Crippen LogP contribution in [-0.2, 0) is 9.53 Å². The third-order valence-corrected chi connectivity index (χ3v) is 4.24. The summed E-state index contributed by atoms with van der Waals surface area (Å²) >= 11 is 0. The van der Waals surface area contributed by atoms with E-state index in [9.17, 15) is 9.59 Å². The molecule has 0 heterocycles. The van der Waals surface area contributed by atoms with Gasteiger partial charge in [-0.1, -0.05) is 43.2 Å². The van der Waals surface area contributed by atoms with Crippen molar-refractivity contribution in [3.05, 3.63) is 35.9 Å². The molecular formula is C19H28N2O3. The van der Waals surface area contributed by atoms with Gasteiger partial charge in [0.25, 0.3) is 0 Å². The number of hydrogen-bond donors (Lipinski definition) is 1. The Morgan fingerprint density at radius 2 is 1.75 bits per heavy atom. The molecule has 5 heteroatoms. The van der Waals surface area contributed by atoms with Gasteiger partial charge in [0.1, 0.15) is 5.60 Å². The molecule has 1 aliphatic rings. The summed E-state index contributed by atoms with van der Waals surface area (Å²) in [4.78, 5) is 26.9. The van der Waals surface area contributed by atoms with E-state index >= 15 is 0 Å². The van der Waals surface area contributed by atoms with Crippen LogP contribution in [0.15, 0.2) is 30.3 Å². The molecule has 24 heavy (non-hydrogen) atoms. The van der Waals surface area contributed by atoms with E-state index in [0.29, 0.717) is 0 Å². The number of rotatable bonds is 4. The number of nitrogens with one attached hydrogen (secondary N) is 1. The normalized spacial score (nSPS) is 16.5. The van der Waals surface area contributed by atoms with E-state index < -0.39 is 17.6 Å². The maximum atomic E-state index is 12.6. The van der Waals surface area contributed by atoms with Crippen LogP contribution in [0.1, 0.15) is 58.1 Å². The quantitative estimate of drug-likeness (QED) is 0.856. The van der Waals surface area contributed by atoms with Crippen molar-refractivity contribution in [3.8, 4) is 0 Å². The zero-order valence-electron chi connectivity index (χ0n) is 15.0. The summed E-state index contributed by atoms with van der Waals surface area (Å²) < 4.78 is 5.49. The Hall–Kier alpha value is -2.04. The third-order valence-electron chi connectivity index (χ3n) is 4.24. The molecule has 1 aromatic carbocycles. The minimum Gasteiger partial charge on any atom is -0.458 e. The molecule has 5 nitrogen and oxygen atoms in total. The second-order valence-electron chi connectivity index (χ2n) is 7.38. The first kappa shape index (κ1) is 18.3. The highest BCUT2D eigenvalue weighted by atomic mass is 16.6. The summed E-state index contributed by atoms with van der Waals surface area (Å²) in [6.45, 7) is 5.46. The van der Waals surface area contributed by atoms with Gasteiger partial charge >= 0.3 is 12.0 Å². The Labute approximate surface area is 144 Å². The molecule has 0 radical (unpaired) electrons. The van der Waals surface area contributed by atoms with Crippen molar-refractivity contribution in [3.63, 3.8) is 0 Å². The molecular weight excluding hydrogens is 304 g/mol. The van der Waals surface area contributed by atoms with Gasteiger partial charge in [-0.2, -0.15) is 0 Å². The van der Waals surface area contributed by atoms with Crippen LogP contribution in [0.5, 0.6) is 0 Å². The van der Waals surface area contributed by atoms with Crippen molar-refractivity contribution in [2.75, 3.05) is 7.05 Å². The second-order valence-corrected chi connectivity index (χ2v) is 7.38. The van der Waals surface area contributed by atoms with Crippen LogP contribution in [0.3, 0.4) is 0 Å². The molecule has 132 valence electrons. The first-order chi connectivity index (χ1) is 11.3. The van der Waals surface area contributed by atoms with Crippen molar-refractivity contribution < 1.29 is 14.3 Å². The first-order valence-corrected chi connectivity index (χ1v) is 8.59. The van der Waals surface area contributed by atoms with Crippen LogP contribution in [0.4, 0.5) is 4.79 Å². The topological polar surface area (TPSA) is 58.6 Å². The molecule has 0 aromatic heterocycles. The molecule has 2 amide bonds. The van der Waals surface area contributed by atoms with E-state index in [-0.39, 0.29) is 12.1 Å². The lowest BCUT2D eigenvalue weighted by Gasteiger charge is -2.29. The maximum absolute atomic E-state index is 12.6. The van der Waals surface area contributed by atoms with Gasteiger partial charge in [0.2, 0.25) is 0 Å². The van der Waals surface area contributed by atoms with Crippen LogP contribution in [-0.4, -0.2) is 35.6 Å². The largest absolute Gasteiger partial charge is 0.458 e. The Bertz CT molecular complexity index is 560. The number of esters is 1. The first-order valence-electron chi connectivity index (χ1n) is 8.59. The Kier molecular flexibility index (Phi) is 5.86. The summed E-state index contributed by atoms with van der Waals surface area (Å²) in [6.07, 6.45) is 4.34. The second kappa shape index (κ2) is 7.69. The number of benzene rings is 1. The van der Waals surface area contributed by atoms with Crippen LogP contribution in [0.25, 0.3) is 0 Å². The fraction of sp³-hybridized carbons (Fsp3) is 0.579. The lowest BCUT2D eigenvalue weighted by atomic mass is 10.1. The van der Waals surface area contributed by atoms with Crippen molar-refractivity contribution in [2.45, 2.75) is 64.1 Å². The van der Waals surface area contributed by atoms with Crippen molar-refractivity contribution >= 4 is 12.0 Å². The van der Waals surface area contributed by atoms with Crippen molar-refractivity contribution in [2.24, 2.45) is 0 Å². The lowest BCUT2D eigenvalue weighted by molar-refractivity contribution is -0.157. The summed E-state index contributed by atoms with van der Waals surface area (Å²) in [7, 11) is 1.79. The maximum Gasteiger partial charge on any atom is 0.333 e. The van der Waals surface area contributed by atoms with Crippen LogP contribution >= 0.6 is 0 Å². The van der Waals surface area contributed by atoms with E-state index in [1.165, 1.54) is 0 Å². The highest BCUT2D eigenvalue weighted by Gasteiger charge is 2.31. The number of amides is 2. The zero-order valence-corrected chi connectivity index (χ0v) is 15.0. The summed E-state index contributed by atoms with van der Waals surface area (Å²) in [5.74, 6) is -0.443. The van der Waals surface area contributed by atoms with E-state index in [0.717, 1.165) is 31.2 Å². The van der Waals surface area contributed by atoms with E-state index in [1.807, 2.05) is 51.1 Å². The van der Waals surface area contributed by atoms with Crippen LogP contribution in [0.2, 0.25) is 0 Å². The predicted octanol–water partition coefficient (Wildman–Crippen LogP) is 3.65. The highest BCUT2D eigenvalue weighted by molar-refractivity contribution is 5.85. The fourth-order valence-electron chi connectivity index (χ4n) is 2.97. The van der Waals surface area contributed by atoms with Gasteiger partial charge in [0, 0.05) is 13.1 Å². The monoisotopic (exact) mass is 332 g/mol. The molecule has 1 N–H and O–H groups in total. The molecule has 1 aliphatic carbocycles. The summed E-state index contributed by atoms with van der Waals surface area (Å²) in [5.41, 5.74) is 0.117. The van der Waals surface area contributed by atoms with Crippen LogP contribution < -0.4 is 5.32 Å². The Morgan fingerprint density at radius 3 is 2.29 bits per heavy atom. The van der Waals surface area contributed by atoms with Gasteiger partial charge in [-0.15, -0.1) is 0 Å². The van der Waals surface area contributed by atoms with Crippen molar-refractivity contribution in [1.29, 1.82) is 0 Å². The van der Waals surface area contributed by atoms with E-state index in [2.05, 4.69) is 5.32 Å². The number of ether oxygens (including phenoxy) is 1. The lowest BCUT2D eigenvalue weighted by Crippen LogP contribution is -2.46. The predicted molar refractivity (Wildman–Crippen MR) is 93.6 cm³/mol. The average molecular weight is 332 g/mol. The number of carbonyl (C=O) groups excluding carboxylic acids is 2. The van der Waals surface area contributed by atoms with Gasteiger partial charge in [-0.3, -0.25) is 0 Å². The summed E-state index contributed by atoms with van der Waals surface area (Å²) in [5, 5.41) is 2.84. The molecule has 1 unspecified atom stereocenters. The standard InChI is InChI=1S/C19H28N2O3/c1-19(2,3)24-17(22)16(14-10-6-5-7-11-14)20-18(23)21(4)15-12-8-9-13-15/h5-7,10-11,15-16H,8-9,12-13H2,1-4H3,(H,20,23). The molecule has 2 rings (SSSR count). The minimum atomic E-state index is -0.804. The molecule has 0 bridgehead atoms. The zero-order chi connectivity index (χ0) is 17.7. The number of carbonyl (C=O) groups is 2. The molecule has 0 spiro atoms. The smallest absolute Gasteiger partial charge is 0.333 e.